The third kappa shape index (κ3) is 1.40. The van der Waals surface area contributed by atoms with Crippen molar-refractivity contribution in [2.45, 2.75) is 45.2 Å². The van der Waals surface area contributed by atoms with Gasteiger partial charge in [0.1, 0.15) is 0 Å². The van der Waals surface area contributed by atoms with Crippen molar-refractivity contribution in [1.82, 2.24) is 15.3 Å². The van der Waals surface area contributed by atoms with E-state index in [-0.39, 0.29) is 0 Å². The summed E-state index contributed by atoms with van der Waals surface area (Å²) >= 11 is 0. The predicted octanol–water partition coefficient (Wildman–Crippen LogP) is 2.60. The molecule has 1 aromatic carbocycles. The zero-order valence-corrected chi connectivity index (χ0v) is 10.8. The Bertz CT molecular complexity index is 648. The van der Waals surface area contributed by atoms with E-state index in [0.717, 1.165) is 17.5 Å². The molecular formula is C15H17N3. The first-order chi connectivity index (χ1) is 8.70. The van der Waals surface area contributed by atoms with Crippen LogP contribution >= 0.6 is 0 Å². The second-order valence-corrected chi connectivity index (χ2v) is 5.68. The van der Waals surface area contributed by atoms with Crippen molar-refractivity contribution in [1.29, 1.82) is 0 Å². The van der Waals surface area contributed by atoms with Crippen LogP contribution in [0.15, 0.2) is 12.1 Å². The van der Waals surface area contributed by atoms with Gasteiger partial charge in [-0.1, -0.05) is 0 Å². The second-order valence-electron chi connectivity index (χ2n) is 5.68. The van der Waals surface area contributed by atoms with Crippen molar-refractivity contribution < 1.29 is 0 Å². The molecule has 0 spiro atoms. The SMILES string of the molecule is Cc1cc2nc3c(nc2cc1C)[C@@H]1CCC(C3)N1. The summed E-state index contributed by atoms with van der Waals surface area (Å²) in [7, 11) is 0. The molecule has 1 unspecified atom stereocenters. The van der Waals surface area contributed by atoms with E-state index >= 15 is 0 Å². The summed E-state index contributed by atoms with van der Waals surface area (Å²) in [6, 6.07) is 5.40. The summed E-state index contributed by atoms with van der Waals surface area (Å²) in [6.07, 6.45) is 3.52. The zero-order chi connectivity index (χ0) is 12.3. The number of nitrogens with zero attached hydrogens (tertiary/aromatic N) is 2. The molecule has 3 heteroatoms. The van der Waals surface area contributed by atoms with Gasteiger partial charge in [0.25, 0.3) is 0 Å². The molecule has 1 fully saturated rings. The first kappa shape index (κ1) is 10.4. The quantitative estimate of drug-likeness (QED) is 0.768. The largest absolute Gasteiger partial charge is 0.305 e. The summed E-state index contributed by atoms with van der Waals surface area (Å²) in [5.41, 5.74) is 7.11. The van der Waals surface area contributed by atoms with Gasteiger partial charge in [-0.15, -0.1) is 0 Å². The van der Waals surface area contributed by atoms with Crippen molar-refractivity contribution >= 4 is 11.0 Å². The van der Waals surface area contributed by atoms with E-state index in [4.69, 9.17) is 9.97 Å². The molecule has 2 aliphatic heterocycles. The third-order valence-electron chi connectivity index (χ3n) is 4.39. The number of aromatic nitrogens is 2. The van der Waals surface area contributed by atoms with Crippen LogP contribution in [0.3, 0.4) is 0 Å². The van der Waals surface area contributed by atoms with Crippen molar-refractivity contribution in [3.8, 4) is 0 Å². The number of fused-ring (bicyclic) bond motifs is 5. The summed E-state index contributed by atoms with van der Waals surface area (Å²) in [5, 5.41) is 3.63. The van der Waals surface area contributed by atoms with Gasteiger partial charge in [-0.3, -0.25) is 0 Å². The molecule has 4 rings (SSSR count). The minimum absolute atomic E-state index is 0.442. The standard InChI is InChI=1S/C15H17N3/c1-8-5-12-13(6-9(8)2)18-15-11-4-3-10(16-11)7-14(15)17-12/h5-6,10-11,16H,3-4,7H2,1-2H3/t10?,11-/m0/s1. The van der Waals surface area contributed by atoms with E-state index in [1.165, 1.54) is 35.4 Å². The number of benzene rings is 1. The minimum Gasteiger partial charge on any atom is -0.305 e. The molecule has 1 aromatic heterocycles. The van der Waals surface area contributed by atoms with Crippen LogP contribution in [-0.2, 0) is 6.42 Å². The maximum atomic E-state index is 4.87. The van der Waals surface area contributed by atoms with Gasteiger partial charge in [0.2, 0.25) is 0 Å². The summed E-state index contributed by atoms with van der Waals surface area (Å²) in [6.45, 7) is 4.28. The molecule has 92 valence electrons. The number of rotatable bonds is 0. The average Bonchev–Trinajstić information content (AvgIpc) is 2.73. The Kier molecular flexibility index (Phi) is 2.04. The predicted molar refractivity (Wildman–Crippen MR) is 71.6 cm³/mol. The molecule has 0 amide bonds. The molecular weight excluding hydrogens is 222 g/mol. The highest BCUT2D eigenvalue weighted by Gasteiger charge is 2.34. The second kappa shape index (κ2) is 3.51. The molecule has 0 radical (unpaired) electrons. The molecule has 3 heterocycles. The van der Waals surface area contributed by atoms with E-state index in [0.29, 0.717) is 12.1 Å². The lowest BCUT2D eigenvalue weighted by Crippen LogP contribution is -2.33. The van der Waals surface area contributed by atoms with Gasteiger partial charge in [0.15, 0.2) is 0 Å². The van der Waals surface area contributed by atoms with E-state index in [1.807, 2.05) is 0 Å². The number of hydrogen-bond donors (Lipinski definition) is 1. The van der Waals surface area contributed by atoms with Gasteiger partial charge >= 0.3 is 0 Å². The molecule has 1 N–H and O–H groups in total. The summed E-state index contributed by atoms with van der Waals surface area (Å²) in [5.74, 6) is 0. The van der Waals surface area contributed by atoms with E-state index in [2.05, 4.69) is 31.3 Å². The first-order valence-electron chi connectivity index (χ1n) is 6.74. The molecule has 1 saturated heterocycles. The van der Waals surface area contributed by atoms with Crippen LogP contribution in [0.25, 0.3) is 11.0 Å². The molecule has 2 atom stereocenters. The monoisotopic (exact) mass is 239 g/mol. The summed E-state index contributed by atoms with van der Waals surface area (Å²) < 4.78 is 0. The van der Waals surface area contributed by atoms with Crippen molar-refractivity contribution in [3.63, 3.8) is 0 Å². The maximum absolute atomic E-state index is 4.87. The first-order valence-corrected chi connectivity index (χ1v) is 6.74. The van der Waals surface area contributed by atoms with Crippen LogP contribution < -0.4 is 5.32 Å². The Hall–Kier alpha value is -1.48. The fourth-order valence-corrected chi connectivity index (χ4v) is 3.22. The maximum Gasteiger partial charge on any atom is 0.0893 e. The van der Waals surface area contributed by atoms with Gasteiger partial charge in [-0.05, 0) is 49.9 Å². The fourth-order valence-electron chi connectivity index (χ4n) is 3.22. The number of nitrogens with one attached hydrogen (secondary N) is 1. The lowest BCUT2D eigenvalue weighted by Gasteiger charge is -2.23. The van der Waals surface area contributed by atoms with Crippen molar-refractivity contribution in [2.24, 2.45) is 0 Å². The van der Waals surface area contributed by atoms with Crippen LogP contribution in [-0.4, -0.2) is 16.0 Å². The Morgan fingerprint density at radius 2 is 1.78 bits per heavy atom. The lowest BCUT2D eigenvalue weighted by molar-refractivity contribution is 0.497. The Labute approximate surface area is 107 Å². The van der Waals surface area contributed by atoms with Gasteiger partial charge in [-0.25, -0.2) is 9.97 Å². The highest BCUT2D eigenvalue weighted by atomic mass is 15.0. The molecule has 3 nitrogen and oxygen atoms in total. The molecule has 2 aliphatic rings. The van der Waals surface area contributed by atoms with E-state index in [1.54, 1.807) is 0 Å². The molecule has 2 bridgehead atoms. The smallest absolute Gasteiger partial charge is 0.0893 e. The molecule has 18 heavy (non-hydrogen) atoms. The van der Waals surface area contributed by atoms with Gasteiger partial charge in [0.05, 0.1) is 28.5 Å². The highest BCUT2D eigenvalue weighted by molar-refractivity contribution is 5.76. The van der Waals surface area contributed by atoms with Crippen LogP contribution in [0.4, 0.5) is 0 Å². The van der Waals surface area contributed by atoms with E-state index < -0.39 is 0 Å². The Balaban J connectivity index is 1.97. The highest BCUT2D eigenvalue weighted by Crippen LogP contribution is 2.34. The van der Waals surface area contributed by atoms with Crippen LogP contribution in [0.1, 0.15) is 41.4 Å². The van der Waals surface area contributed by atoms with Crippen LogP contribution in [0, 0.1) is 13.8 Å². The lowest BCUT2D eigenvalue weighted by atomic mass is 10.0. The average molecular weight is 239 g/mol. The number of hydrogen-bond acceptors (Lipinski definition) is 3. The summed E-state index contributed by atoms with van der Waals surface area (Å²) in [4.78, 5) is 9.73. The van der Waals surface area contributed by atoms with E-state index in [9.17, 15) is 0 Å². The topological polar surface area (TPSA) is 37.8 Å². The van der Waals surface area contributed by atoms with Crippen molar-refractivity contribution in [2.75, 3.05) is 0 Å². The molecule has 2 aromatic rings. The van der Waals surface area contributed by atoms with Gasteiger partial charge < -0.3 is 5.32 Å². The third-order valence-corrected chi connectivity index (χ3v) is 4.39. The Morgan fingerprint density at radius 3 is 2.56 bits per heavy atom. The minimum atomic E-state index is 0.442. The van der Waals surface area contributed by atoms with Gasteiger partial charge in [-0.2, -0.15) is 0 Å². The van der Waals surface area contributed by atoms with Crippen molar-refractivity contribution in [3.05, 3.63) is 34.6 Å². The molecule has 0 saturated carbocycles. The Morgan fingerprint density at radius 1 is 1.06 bits per heavy atom. The fraction of sp³-hybridized carbons (Fsp3) is 0.467. The van der Waals surface area contributed by atoms with Crippen LogP contribution in [0.2, 0.25) is 0 Å². The zero-order valence-electron chi connectivity index (χ0n) is 10.8. The number of aryl methyl sites for hydroxylation is 2. The molecule has 0 aliphatic carbocycles. The van der Waals surface area contributed by atoms with Gasteiger partial charge in [0, 0.05) is 12.5 Å². The van der Waals surface area contributed by atoms with Crippen LogP contribution in [0.5, 0.6) is 0 Å². The normalized spacial score (nSPS) is 25.4.